The average Bonchev–Trinajstić information content (AvgIpc) is 3.23. The fourth-order valence-electron chi connectivity index (χ4n) is 4.62. The lowest BCUT2D eigenvalue weighted by atomic mass is 10.0. The van der Waals surface area contributed by atoms with Crippen LogP contribution in [0, 0.1) is 0 Å². The minimum absolute atomic E-state index is 0.0447. The Hall–Kier alpha value is -4.13. The quantitative estimate of drug-likeness (QED) is 0.483. The summed E-state index contributed by atoms with van der Waals surface area (Å²) in [4.78, 5) is 42.3. The molecule has 1 saturated heterocycles. The van der Waals surface area contributed by atoms with Gasteiger partial charge in [0.25, 0.3) is 5.91 Å². The van der Waals surface area contributed by atoms with Gasteiger partial charge in [0.2, 0.25) is 5.91 Å². The minimum Gasteiger partial charge on any atom is -0.343 e. The van der Waals surface area contributed by atoms with Crippen molar-refractivity contribution in [3.63, 3.8) is 0 Å². The number of aromatic nitrogens is 2. The highest BCUT2D eigenvalue weighted by molar-refractivity contribution is 5.96. The minimum atomic E-state index is -0.270. The Morgan fingerprint density at radius 2 is 1.50 bits per heavy atom. The van der Waals surface area contributed by atoms with Gasteiger partial charge in [-0.25, -0.2) is 4.79 Å². The van der Waals surface area contributed by atoms with Gasteiger partial charge in [-0.05, 0) is 48.2 Å². The first-order chi connectivity index (χ1) is 16.6. The van der Waals surface area contributed by atoms with E-state index in [0.29, 0.717) is 31.5 Å². The molecule has 0 aliphatic carbocycles. The van der Waals surface area contributed by atoms with Crippen LogP contribution in [-0.4, -0.2) is 45.9 Å². The van der Waals surface area contributed by atoms with Crippen LogP contribution in [-0.2, 0) is 4.79 Å². The number of nitrogens with one attached hydrogen (secondary N) is 2. The lowest BCUT2D eigenvalue weighted by Crippen LogP contribution is -2.45. The van der Waals surface area contributed by atoms with Crippen LogP contribution in [0.2, 0.25) is 0 Å². The number of likely N-dealkylation sites (tertiary alicyclic amines) is 1. The molecule has 4 aromatic rings. The Bertz CT molecular complexity index is 1360. The third-order valence-electron chi connectivity index (χ3n) is 6.46. The highest BCUT2D eigenvalue weighted by atomic mass is 16.2. The first-order valence-electron chi connectivity index (χ1n) is 11.5. The third kappa shape index (κ3) is 4.37. The number of fused-ring (bicyclic) bond motifs is 1. The monoisotopic (exact) mass is 454 g/mol. The molecule has 2 N–H and O–H groups in total. The van der Waals surface area contributed by atoms with E-state index in [0.717, 1.165) is 22.2 Å². The first kappa shape index (κ1) is 21.7. The van der Waals surface area contributed by atoms with Gasteiger partial charge in [-0.2, -0.15) is 0 Å². The Balaban J connectivity index is 1.15. The van der Waals surface area contributed by atoms with Crippen molar-refractivity contribution in [2.45, 2.75) is 18.9 Å². The molecule has 2 heterocycles. The largest absolute Gasteiger partial charge is 0.343 e. The SMILES string of the molecule is O=C(NCC(=O)N1CCC(n2c(=O)[nH]c3ccccc32)CC1)c1ccc(-c2ccccc2)cc1. The molecule has 0 spiro atoms. The van der Waals surface area contributed by atoms with E-state index in [1.165, 1.54) is 0 Å². The molecular weight excluding hydrogens is 428 g/mol. The number of carbonyl (C=O) groups is 2. The second kappa shape index (κ2) is 9.39. The molecule has 1 aliphatic heterocycles. The van der Waals surface area contributed by atoms with Crippen LogP contribution in [0.5, 0.6) is 0 Å². The van der Waals surface area contributed by atoms with Crippen LogP contribution in [0.1, 0.15) is 29.2 Å². The Morgan fingerprint density at radius 1 is 0.853 bits per heavy atom. The zero-order valence-corrected chi connectivity index (χ0v) is 18.7. The van der Waals surface area contributed by atoms with E-state index in [-0.39, 0.29) is 30.1 Å². The number of para-hydroxylation sites is 2. The topological polar surface area (TPSA) is 87.2 Å². The molecule has 0 unspecified atom stereocenters. The van der Waals surface area contributed by atoms with Gasteiger partial charge < -0.3 is 15.2 Å². The number of carbonyl (C=O) groups excluding carboxylic acids is 2. The summed E-state index contributed by atoms with van der Waals surface area (Å²) in [5.41, 5.74) is 4.24. The smallest absolute Gasteiger partial charge is 0.326 e. The van der Waals surface area contributed by atoms with Crippen LogP contribution in [0.4, 0.5) is 0 Å². The molecule has 3 aromatic carbocycles. The van der Waals surface area contributed by atoms with Crippen molar-refractivity contribution in [3.05, 3.63) is 94.9 Å². The standard InChI is InChI=1S/C27H26N4O3/c32-25(18-28-26(33)21-12-10-20(11-13-21)19-6-2-1-3-7-19)30-16-14-22(15-17-30)31-24-9-5-4-8-23(24)29-27(31)34/h1-13,22H,14-18H2,(H,28,33)(H,29,34). The van der Waals surface area contributed by atoms with E-state index < -0.39 is 0 Å². The van der Waals surface area contributed by atoms with E-state index in [1.807, 2.05) is 66.7 Å². The van der Waals surface area contributed by atoms with E-state index in [9.17, 15) is 14.4 Å². The molecular formula is C27H26N4O3. The summed E-state index contributed by atoms with van der Waals surface area (Å²) in [6.45, 7) is 1.06. The number of imidazole rings is 1. The summed E-state index contributed by atoms with van der Waals surface area (Å²) < 4.78 is 1.80. The predicted octanol–water partition coefficient (Wildman–Crippen LogP) is 3.59. The lowest BCUT2D eigenvalue weighted by molar-refractivity contribution is -0.131. The van der Waals surface area contributed by atoms with E-state index in [1.54, 1.807) is 21.6 Å². The van der Waals surface area contributed by atoms with Gasteiger partial charge in [0.15, 0.2) is 0 Å². The van der Waals surface area contributed by atoms with Crippen LogP contribution in [0.3, 0.4) is 0 Å². The molecule has 0 saturated carbocycles. The second-order valence-corrected chi connectivity index (χ2v) is 8.56. The van der Waals surface area contributed by atoms with E-state index in [4.69, 9.17) is 0 Å². The Kier molecular flexibility index (Phi) is 5.99. The molecule has 7 nitrogen and oxygen atoms in total. The van der Waals surface area contributed by atoms with Gasteiger partial charge in [-0.3, -0.25) is 14.2 Å². The van der Waals surface area contributed by atoms with Crippen molar-refractivity contribution in [2.75, 3.05) is 19.6 Å². The fourth-order valence-corrected chi connectivity index (χ4v) is 4.62. The van der Waals surface area contributed by atoms with Crippen molar-refractivity contribution < 1.29 is 9.59 Å². The predicted molar refractivity (Wildman–Crippen MR) is 132 cm³/mol. The molecule has 34 heavy (non-hydrogen) atoms. The number of rotatable bonds is 5. The van der Waals surface area contributed by atoms with Crippen molar-refractivity contribution in [2.24, 2.45) is 0 Å². The van der Waals surface area contributed by atoms with Crippen molar-refractivity contribution in [3.8, 4) is 11.1 Å². The molecule has 0 radical (unpaired) electrons. The van der Waals surface area contributed by atoms with Gasteiger partial charge in [-0.15, -0.1) is 0 Å². The lowest BCUT2D eigenvalue weighted by Gasteiger charge is -2.32. The van der Waals surface area contributed by atoms with E-state index >= 15 is 0 Å². The summed E-state index contributed by atoms with van der Waals surface area (Å²) in [6, 6.07) is 25.0. The first-order valence-corrected chi connectivity index (χ1v) is 11.5. The molecule has 0 atom stereocenters. The average molecular weight is 455 g/mol. The summed E-state index contributed by atoms with van der Waals surface area (Å²) in [5.74, 6) is -0.382. The number of amides is 2. The highest BCUT2D eigenvalue weighted by Crippen LogP contribution is 2.25. The zero-order chi connectivity index (χ0) is 23.5. The number of benzene rings is 3. The van der Waals surface area contributed by atoms with Crippen LogP contribution in [0.15, 0.2) is 83.7 Å². The van der Waals surface area contributed by atoms with Crippen LogP contribution in [0.25, 0.3) is 22.2 Å². The van der Waals surface area contributed by atoms with Gasteiger partial charge in [0.1, 0.15) is 0 Å². The Morgan fingerprint density at radius 3 is 2.24 bits per heavy atom. The van der Waals surface area contributed by atoms with Crippen LogP contribution >= 0.6 is 0 Å². The molecule has 172 valence electrons. The van der Waals surface area contributed by atoms with Crippen molar-refractivity contribution in [1.82, 2.24) is 19.8 Å². The van der Waals surface area contributed by atoms with Crippen LogP contribution < -0.4 is 11.0 Å². The van der Waals surface area contributed by atoms with Gasteiger partial charge in [0.05, 0.1) is 17.6 Å². The number of nitrogens with zero attached hydrogens (tertiary/aromatic N) is 2. The normalized spacial score (nSPS) is 14.3. The van der Waals surface area contributed by atoms with E-state index in [2.05, 4.69) is 10.3 Å². The third-order valence-corrected chi connectivity index (χ3v) is 6.46. The summed E-state index contributed by atoms with van der Waals surface area (Å²) in [5, 5.41) is 2.74. The molecule has 2 amide bonds. The van der Waals surface area contributed by atoms with Gasteiger partial charge in [-0.1, -0.05) is 54.6 Å². The number of hydrogen-bond donors (Lipinski definition) is 2. The molecule has 1 fully saturated rings. The molecule has 5 rings (SSSR count). The number of hydrogen-bond acceptors (Lipinski definition) is 3. The molecule has 1 aliphatic rings. The van der Waals surface area contributed by atoms with Gasteiger partial charge >= 0.3 is 5.69 Å². The van der Waals surface area contributed by atoms with Crippen molar-refractivity contribution in [1.29, 1.82) is 0 Å². The molecule has 7 heteroatoms. The number of H-pyrrole nitrogens is 1. The molecule has 1 aromatic heterocycles. The fraction of sp³-hybridized carbons (Fsp3) is 0.222. The summed E-state index contributed by atoms with van der Waals surface area (Å²) in [6.07, 6.45) is 1.39. The second-order valence-electron chi connectivity index (χ2n) is 8.56. The Labute approximate surface area is 197 Å². The maximum Gasteiger partial charge on any atom is 0.326 e. The molecule has 0 bridgehead atoms. The highest BCUT2D eigenvalue weighted by Gasteiger charge is 2.26. The summed E-state index contributed by atoms with van der Waals surface area (Å²) >= 11 is 0. The van der Waals surface area contributed by atoms with Crippen molar-refractivity contribution >= 4 is 22.8 Å². The number of aromatic amines is 1. The van der Waals surface area contributed by atoms with Gasteiger partial charge in [0, 0.05) is 24.7 Å². The summed E-state index contributed by atoms with van der Waals surface area (Å²) in [7, 11) is 0. The maximum atomic E-state index is 12.7. The maximum absolute atomic E-state index is 12.7. The number of piperidine rings is 1. The zero-order valence-electron chi connectivity index (χ0n) is 18.7.